The number of rotatable bonds is 15. The summed E-state index contributed by atoms with van der Waals surface area (Å²) in [5, 5.41) is 3.59. The highest BCUT2D eigenvalue weighted by Gasteiger charge is 2.27. The molecule has 0 saturated carbocycles. The van der Waals surface area contributed by atoms with Crippen LogP contribution in [0.5, 0.6) is 11.5 Å². The number of methoxy groups -OCH3 is 2. The standard InChI is InChI=1S/C30H43N3O3S/c1-4-18-33(24-11-12-25-23(21-24)10-14-27(35-2)29(25)36-3)19-8-6-5-7-16-31-17-15-22-9-13-26-28(20-22)37-30(34)32-26/h9-10,13-14,20,24,31H,4-8,11-12,15-19,21H2,1-3H3,(H,32,34)/t24-/m0/s1. The summed E-state index contributed by atoms with van der Waals surface area (Å²) in [7, 11) is 3.46. The van der Waals surface area contributed by atoms with E-state index in [0.29, 0.717) is 6.04 Å². The maximum Gasteiger partial charge on any atom is 0.305 e. The van der Waals surface area contributed by atoms with E-state index in [0.717, 1.165) is 54.1 Å². The van der Waals surface area contributed by atoms with Crippen molar-refractivity contribution in [3.05, 3.63) is 56.7 Å². The van der Waals surface area contributed by atoms with Crippen LogP contribution in [0.2, 0.25) is 0 Å². The van der Waals surface area contributed by atoms with Gasteiger partial charge in [0.05, 0.1) is 24.4 Å². The van der Waals surface area contributed by atoms with Crippen LogP contribution in [-0.4, -0.2) is 56.3 Å². The number of fused-ring (bicyclic) bond motifs is 2. The van der Waals surface area contributed by atoms with E-state index in [4.69, 9.17) is 9.47 Å². The highest BCUT2D eigenvalue weighted by Crippen LogP contribution is 2.38. The smallest absolute Gasteiger partial charge is 0.305 e. The van der Waals surface area contributed by atoms with Gasteiger partial charge in [0.25, 0.3) is 0 Å². The van der Waals surface area contributed by atoms with Crippen molar-refractivity contribution in [2.24, 2.45) is 0 Å². The third-order valence-electron chi connectivity index (χ3n) is 7.58. The van der Waals surface area contributed by atoms with Gasteiger partial charge < -0.3 is 24.7 Å². The molecule has 0 amide bonds. The topological polar surface area (TPSA) is 66.6 Å². The van der Waals surface area contributed by atoms with Crippen LogP contribution >= 0.6 is 11.3 Å². The fraction of sp³-hybridized carbons (Fsp3) is 0.567. The lowest BCUT2D eigenvalue weighted by Gasteiger charge is -2.36. The second-order valence-electron chi connectivity index (χ2n) is 10.1. The SMILES string of the molecule is CCCN(CCCCCCNCCc1ccc2[nH]c(=O)sc2c1)[C@H]1CCc2c(ccc(OC)c2OC)C1. The van der Waals surface area contributed by atoms with Gasteiger partial charge in [0.2, 0.25) is 0 Å². The van der Waals surface area contributed by atoms with Gasteiger partial charge >= 0.3 is 4.87 Å². The van der Waals surface area contributed by atoms with Crippen molar-refractivity contribution in [1.82, 2.24) is 15.2 Å². The first kappa shape index (κ1) is 27.7. The van der Waals surface area contributed by atoms with Crippen molar-refractivity contribution in [3.8, 4) is 11.5 Å². The fourth-order valence-corrected chi connectivity index (χ4v) is 6.46. The van der Waals surface area contributed by atoms with Crippen molar-refractivity contribution in [2.75, 3.05) is 40.4 Å². The molecule has 1 heterocycles. The number of unbranched alkanes of at least 4 members (excludes halogenated alkanes) is 3. The minimum Gasteiger partial charge on any atom is -0.493 e. The normalized spacial score (nSPS) is 15.3. The predicted octanol–water partition coefficient (Wildman–Crippen LogP) is 5.57. The number of ether oxygens (including phenoxy) is 2. The number of nitrogens with one attached hydrogen (secondary N) is 2. The maximum atomic E-state index is 11.5. The summed E-state index contributed by atoms with van der Waals surface area (Å²) in [4.78, 5) is 17.1. The monoisotopic (exact) mass is 525 g/mol. The number of aromatic nitrogens is 1. The highest BCUT2D eigenvalue weighted by molar-refractivity contribution is 7.16. The number of nitrogens with zero attached hydrogens (tertiary/aromatic N) is 1. The van der Waals surface area contributed by atoms with Crippen LogP contribution in [0.3, 0.4) is 0 Å². The summed E-state index contributed by atoms with van der Waals surface area (Å²) >= 11 is 1.29. The number of aromatic amines is 1. The molecule has 4 rings (SSSR count). The molecule has 1 atom stereocenters. The molecule has 1 aliphatic rings. The lowest BCUT2D eigenvalue weighted by molar-refractivity contribution is 0.175. The largest absolute Gasteiger partial charge is 0.493 e. The molecule has 0 saturated heterocycles. The number of benzene rings is 2. The van der Waals surface area contributed by atoms with Gasteiger partial charge in [-0.15, -0.1) is 0 Å². The molecule has 0 fully saturated rings. The van der Waals surface area contributed by atoms with Crippen LogP contribution in [0.25, 0.3) is 10.2 Å². The molecule has 202 valence electrons. The molecule has 1 aliphatic carbocycles. The Bertz CT molecular complexity index is 1190. The van der Waals surface area contributed by atoms with Crippen LogP contribution in [0.1, 0.15) is 62.1 Å². The Morgan fingerprint density at radius 1 is 1.05 bits per heavy atom. The van der Waals surface area contributed by atoms with E-state index in [1.807, 2.05) is 6.07 Å². The van der Waals surface area contributed by atoms with E-state index in [1.54, 1.807) is 14.2 Å². The summed E-state index contributed by atoms with van der Waals surface area (Å²) in [6.45, 7) is 6.72. The van der Waals surface area contributed by atoms with Crippen molar-refractivity contribution < 1.29 is 9.47 Å². The van der Waals surface area contributed by atoms with Crippen LogP contribution in [0, 0.1) is 0 Å². The zero-order valence-corrected chi connectivity index (χ0v) is 23.6. The van der Waals surface area contributed by atoms with Crippen LogP contribution in [-0.2, 0) is 19.3 Å². The van der Waals surface area contributed by atoms with Crippen LogP contribution in [0.15, 0.2) is 35.1 Å². The van der Waals surface area contributed by atoms with Gasteiger partial charge in [-0.3, -0.25) is 4.79 Å². The molecule has 0 radical (unpaired) electrons. The fourth-order valence-electron chi connectivity index (χ4n) is 5.66. The van der Waals surface area contributed by atoms with E-state index in [-0.39, 0.29) is 4.87 Å². The van der Waals surface area contributed by atoms with Gasteiger partial charge in [0, 0.05) is 11.6 Å². The number of hydrogen-bond donors (Lipinski definition) is 2. The van der Waals surface area contributed by atoms with Gasteiger partial charge in [-0.2, -0.15) is 0 Å². The van der Waals surface area contributed by atoms with Crippen LogP contribution in [0.4, 0.5) is 0 Å². The molecule has 0 bridgehead atoms. The Morgan fingerprint density at radius 3 is 2.73 bits per heavy atom. The minimum atomic E-state index is 0.0221. The molecule has 2 N–H and O–H groups in total. The Balaban J connectivity index is 1.13. The van der Waals surface area contributed by atoms with Gasteiger partial charge in [-0.05, 0) is 100 Å². The Hall–Kier alpha value is -2.35. The first-order chi connectivity index (χ1) is 18.1. The first-order valence-electron chi connectivity index (χ1n) is 13.9. The molecule has 2 aromatic carbocycles. The van der Waals surface area contributed by atoms with Crippen molar-refractivity contribution in [2.45, 2.75) is 70.8 Å². The lowest BCUT2D eigenvalue weighted by Crippen LogP contribution is -2.40. The summed E-state index contributed by atoms with van der Waals surface area (Å²) in [5.41, 5.74) is 4.99. The quantitative estimate of drug-likeness (QED) is 0.254. The Kier molecular flexibility index (Phi) is 10.5. The zero-order chi connectivity index (χ0) is 26.0. The predicted molar refractivity (Wildman–Crippen MR) is 155 cm³/mol. The number of H-pyrrole nitrogens is 1. The molecule has 0 aliphatic heterocycles. The minimum absolute atomic E-state index is 0.0221. The average Bonchev–Trinajstić information content (AvgIpc) is 3.29. The molecule has 0 spiro atoms. The summed E-state index contributed by atoms with van der Waals surface area (Å²) in [5.74, 6) is 1.77. The zero-order valence-electron chi connectivity index (χ0n) is 22.7. The molecule has 6 nitrogen and oxygen atoms in total. The second-order valence-corrected chi connectivity index (χ2v) is 11.1. The third-order valence-corrected chi connectivity index (χ3v) is 8.43. The Labute approximate surface area is 225 Å². The van der Waals surface area contributed by atoms with Gasteiger partial charge in [0.15, 0.2) is 11.5 Å². The molecule has 7 heteroatoms. The average molecular weight is 526 g/mol. The van der Waals surface area contributed by atoms with E-state index >= 15 is 0 Å². The molecule has 0 unspecified atom stereocenters. The molecular weight excluding hydrogens is 482 g/mol. The summed E-state index contributed by atoms with van der Waals surface area (Å²) in [6.07, 6.45) is 10.6. The summed E-state index contributed by atoms with van der Waals surface area (Å²) in [6, 6.07) is 11.2. The van der Waals surface area contributed by atoms with E-state index in [2.05, 4.69) is 46.4 Å². The second kappa shape index (κ2) is 14.0. The number of thiazole rings is 1. The van der Waals surface area contributed by atoms with E-state index < -0.39 is 0 Å². The maximum absolute atomic E-state index is 11.5. The summed E-state index contributed by atoms with van der Waals surface area (Å²) < 4.78 is 12.2. The van der Waals surface area contributed by atoms with E-state index in [1.165, 1.54) is 79.6 Å². The molecule has 3 aromatic rings. The van der Waals surface area contributed by atoms with Gasteiger partial charge in [-0.1, -0.05) is 43.2 Å². The number of hydrogen-bond acceptors (Lipinski definition) is 6. The van der Waals surface area contributed by atoms with Crippen molar-refractivity contribution in [3.63, 3.8) is 0 Å². The van der Waals surface area contributed by atoms with Gasteiger partial charge in [0.1, 0.15) is 0 Å². The highest BCUT2D eigenvalue weighted by atomic mass is 32.1. The Morgan fingerprint density at radius 2 is 1.92 bits per heavy atom. The lowest BCUT2D eigenvalue weighted by atomic mass is 9.86. The molecular formula is C30H43N3O3S. The third kappa shape index (κ3) is 7.37. The van der Waals surface area contributed by atoms with Gasteiger partial charge in [-0.25, -0.2) is 0 Å². The van der Waals surface area contributed by atoms with Crippen LogP contribution < -0.4 is 19.7 Å². The molecule has 1 aromatic heterocycles. The molecule has 37 heavy (non-hydrogen) atoms. The van der Waals surface area contributed by atoms with E-state index in [9.17, 15) is 4.79 Å². The first-order valence-corrected chi connectivity index (χ1v) is 14.7. The van der Waals surface area contributed by atoms with Crippen molar-refractivity contribution >= 4 is 21.6 Å². The van der Waals surface area contributed by atoms with Crippen molar-refractivity contribution in [1.29, 1.82) is 0 Å².